The highest BCUT2D eigenvalue weighted by Crippen LogP contribution is 2.31. The number of aliphatic hydroxyl groups is 1. The fraction of sp³-hybridized carbons (Fsp3) is 0.263. The molecule has 3 rings (SSSR count). The Morgan fingerprint density at radius 1 is 1.08 bits per heavy atom. The SMILES string of the molecule is O=C1OCCN1CCOC(=O)C(O)(c1ccccc1)c1ccccc1. The number of cyclic esters (lactones) is 1. The van der Waals surface area contributed by atoms with E-state index in [4.69, 9.17) is 9.47 Å². The molecular formula is C19H19NO5. The number of rotatable bonds is 6. The largest absolute Gasteiger partial charge is 0.461 e. The molecule has 1 aliphatic rings. The van der Waals surface area contributed by atoms with Crippen LogP contribution in [0.4, 0.5) is 4.79 Å². The molecule has 1 heterocycles. The van der Waals surface area contributed by atoms with Crippen LogP contribution in [0.5, 0.6) is 0 Å². The minimum Gasteiger partial charge on any atom is -0.461 e. The predicted octanol–water partition coefficient (Wildman–Crippen LogP) is 1.92. The van der Waals surface area contributed by atoms with E-state index in [1.807, 2.05) is 0 Å². The van der Waals surface area contributed by atoms with Crippen molar-refractivity contribution in [1.29, 1.82) is 0 Å². The van der Waals surface area contributed by atoms with Crippen LogP contribution in [0.25, 0.3) is 0 Å². The lowest BCUT2D eigenvalue weighted by molar-refractivity contribution is -0.162. The molecule has 0 bridgehead atoms. The van der Waals surface area contributed by atoms with Crippen LogP contribution >= 0.6 is 0 Å². The van der Waals surface area contributed by atoms with Gasteiger partial charge in [0.15, 0.2) is 0 Å². The van der Waals surface area contributed by atoms with Crippen LogP contribution in [0, 0.1) is 0 Å². The van der Waals surface area contributed by atoms with Gasteiger partial charge < -0.3 is 19.5 Å². The lowest BCUT2D eigenvalue weighted by Gasteiger charge is -2.27. The second-order valence-corrected chi connectivity index (χ2v) is 5.68. The molecule has 0 radical (unpaired) electrons. The zero-order valence-electron chi connectivity index (χ0n) is 13.6. The molecule has 0 atom stereocenters. The van der Waals surface area contributed by atoms with Crippen LogP contribution in [0.2, 0.25) is 0 Å². The third-order valence-electron chi connectivity index (χ3n) is 4.12. The Kier molecular flexibility index (Phi) is 5.00. The molecule has 0 saturated carbocycles. The van der Waals surface area contributed by atoms with Gasteiger partial charge >= 0.3 is 12.1 Å². The molecule has 1 N–H and O–H groups in total. The van der Waals surface area contributed by atoms with Crippen LogP contribution in [0.1, 0.15) is 11.1 Å². The van der Waals surface area contributed by atoms with Gasteiger partial charge in [-0.05, 0) is 11.1 Å². The van der Waals surface area contributed by atoms with Crippen LogP contribution in [0.15, 0.2) is 60.7 Å². The molecule has 0 spiro atoms. The van der Waals surface area contributed by atoms with E-state index in [9.17, 15) is 14.7 Å². The summed E-state index contributed by atoms with van der Waals surface area (Å²) < 4.78 is 10.1. The number of hydrogen-bond donors (Lipinski definition) is 1. The van der Waals surface area contributed by atoms with Crippen LogP contribution in [-0.2, 0) is 19.9 Å². The number of nitrogens with zero attached hydrogens (tertiary/aromatic N) is 1. The first-order valence-electron chi connectivity index (χ1n) is 8.04. The smallest absolute Gasteiger partial charge is 0.410 e. The van der Waals surface area contributed by atoms with E-state index < -0.39 is 17.7 Å². The van der Waals surface area contributed by atoms with Crippen molar-refractivity contribution in [2.75, 3.05) is 26.3 Å². The zero-order chi connectivity index (χ0) is 17.7. The summed E-state index contributed by atoms with van der Waals surface area (Å²) in [5, 5.41) is 11.2. The Bertz CT molecular complexity index is 692. The van der Waals surface area contributed by atoms with Gasteiger partial charge in [-0.1, -0.05) is 60.7 Å². The van der Waals surface area contributed by atoms with Crippen molar-refractivity contribution in [3.05, 3.63) is 71.8 Å². The molecule has 1 fully saturated rings. The molecule has 0 aromatic heterocycles. The van der Waals surface area contributed by atoms with E-state index in [-0.39, 0.29) is 13.2 Å². The lowest BCUT2D eigenvalue weighted by atomic mass is 9.86. The zero-order valence-corrected chi connectivity index (χ0v) is 13.6. The first kappa shape index (κ1) is 17.0. The molecule has 0 unspecified atom stereocenters. The van der Waals surface area contributed by atoms with Gasteiger partial charge in [-0.3, -0.25) is 0 Å². The first-order valence-corrected chi connectivity index (χ1v) is 8.04. The molecule has 6 heteroatoms. The van der Waals surface area contributed by atoms with Gasteiger partial charge in [-0.25, -0.2) is 9.59 Å². The van der Waals surface area contributed by atoms with Gasteiger partial charge in [0, 0.05) is 0 Å². The topological polar surface area (TPSA) is 76.1 Å². The van der Waals surface area contributed by atoms with Gasteiger partial charge in [-0.2, -0.15) is 0 Å². The van der Waals surface area contributed by atoms with Crippen molar-refractivity contribution in [2.24, 2.45) is 0 Å². The van der Waals surface area contributed by atoms with E-state index in [0.29, 0.717) is 24.3 Å². The van der Waals surface area contributed by atoms with Crippen LogP contribution < -0.4 is 0 Å². The molecular weight excluding hydrogens is 322 g/mol. The van der Waals surface area contributed by atoms with E-state index in [2.05, 4.69) is 0 Å². The average Bonchev–Trinajstić information content (AvgIpc) is 3.07. The quantitative estimate of drug-likeness (QED) is 0.813. The van der Waals surface area contributed by atoms with Crippen molar-refractivity contribution >= 4 is 12.1 Å². The minimum atomic E-state index is -1.91. The fourth-order valence-electron chi connectivity index (χ4n) is 2.74. The van der Waals surface area contributed by atoms with Crippen LogP contribution in [-0.4, -0.2) is 48.4 Å². The molecule has 2 aromatic rings. The molecule has 1 aliphatic heterocycles. The summed E-state index contributed by atoms with van der Waals surface area (Å²) >= 11 is 0. The summed E-state index contributed by atoms with van der Waals surface area (Å²) in [5.41, 5.74) is -1.06. The second kappa shape index (κ2) is 7.36. The number of ether oxygens (including phenoxy) is 2. The van der Waals surface area contributed by atoms with Crippen molar-refractivity contribution in [1.82, 2.24) is 4.90 Å². The summed E-state index contributed by atoms with van der Waals surface area (Å²) in [5.74, 6) is -0.780. The highest BCUT2D eigenvalue weighted by Gasteiger charge is 2.41. The Labute approximate surface area is 145 Å². The first-order chi connectivity index (χ1) is 12.1. The van der Waals surface area contributed by atoms with Gasteiger partial charge in [0.25, 0.3) is 0 Å². The molecule has 25 heavy (non-hydrogen) atoms. The number of benzene rings is 2. The van der Waals surface area contributed by atoms with Crippen molar-refractivity contribution in [3.63, 3.8) is 0 Å². The Morgan fingerprint density at radius 3 is 2.12 bits per heavy atom. The summed E-state index contributed by atoms with van der Waals surface area (Å²) in [4.78, 5) is 25.6. The summed E-state index contributed by atoms with van der Waals surface area (Å²) in [6.45, 7) is 1.02. The third kappa shape index (κ3) is 3.49. The van der Waals surface area contributed by atoms with E-state index in [0.717, 1.165) is 0 Å². The standard InChI is InChI=1S/C19H19NO5/c21-17(24-13-11-20-12-14-25-18(20)22)19(23,15-7-3-1-4-8-15)16-9-5-2-6-10-16/h1-10,23H,11-14H2. The number of amides is 1. The molecule has 6 nitrogen and oxygen atoms in total. The van der Waals surface area contributed by atoms with E-state index in [1.165, 1.54) is 4.90 Å². The van der Waals surface area contributed by atoms with Gasteiger partial charge in [0.05, 0.1) is 13.1 Å². The van der Waals surface area contributed by atoms with Gasteiger partial charge in [-0.15, -0.1) is 0 Å². The Hall–Kier alpha value is -2.86. The summed E-state index contributed by atoms with van der Waals surface area (Å²) in [7, 11) is 0. The summed E-state index contributed by atoms with van der Waals surface area (Å²) in [6.07, 6.45) is -0.419. The van der Waals surface area contributed by atoms with Crippen LogP contribution in [0.3, 0.4) is 0 Å². The minimum absolute atomic E-state index is 0.0179. The Balaban J connectivity index is 1.77. The van der Waals surface area contributed by atoms with Gasteiger partial charge in [0.1, 0.15) is 13.2 Å². The van der Waals surface area contributed by atoms with Crippen molar-refractivity contribution in [2.45, 2.75) is 5.60 Å². The molecule has 1 saturated heterocycles. The molecule has 2 aromatic carbocycles. The molecule has 0 aliphatic carbocycles. The normalized spacial score (nSPS) is 14.3. The third-order valence-corrected chi connectivity index (χ3v) is 4.12. The number of hydrogen-bond acceptors (Lipinski definition) is 5. The highest BCUT2D eigenvalue weighted by molar-refractivity contribution is 5.85. The predicted molar refractivity (Wildman–Crippen MR) is 89.8 cm³/mol. The fourth-order valence-corrected chi connectivity index (χ4v) is 2.74. The molecule has 130 valence electrons. The van der Waals surface area contributed by atoms with Crippen molar-refractivity contribution in [3.8, 4) is 0 Å². The van der Waals surface area contributed by atoms with Gasteiger partial charge in [0.2, 0.25) is 5.60 Å². The van der Waals surface area contributed by atoms with Crippen molar-refractivity contribution < 1.29 is 24.2 Å². The lowest BCUT2D eigenvalue weighted by Crippen LogP contribution is -2.40. The number of carbonyl (C=O) groups is 2. The second-order valence-electron chi connectivity index (χ2n) is 5.68. The number of carbonyl (C=O) groups excluding carboxylic acids is 2. The van der Waals surface area contributed by atoms with E-state index >= 15 is 0 Å². The monoisotopic (exact) mass is 341 g/mol. The maximum Gasteiger partial charge on any atom is 0.410 e. The Morgan fingerprint density at radius 2 is 1.64 bits per heavy atom. The maximum atomic E-state index is 12.7. The highest BCUT2D eigenvalue weighted by atomic mass is 16.6. The summed E-state index contributed by atoms with van der Waals surface area (Å²) in [6, 6.07) is 17.3. The molecule has 1 amide bonds. The van der Waals surface area contributed by atoms with E-state index in [1.54, 1.807) is 60.7 Å². The average molecular weight is 341 g/mol. The number of esters is 1. The maximum absolute atomic E-state index is 12.7.